The molecule has 3 heterocycles. The van der Waals surface area contributed by atoms with E-state index in [2.05, 4.69) is 4.98 Å². The van der Waals surface area contributed by atoms with Gasteiger partial charge in [0.2, 0.25) is 5.76 Å². The summed E-state index contributed by atoms with van der Waals surface area (Å²) in [6.45, 7) is 3.57. The molecule has 0 N–H and O–H groups in total. The lowest BCUT2D eigenvalue weighted by atomic mass is 9.98. The van der Waals surface area contributed by atoms with E-state index in [-0.39, 0.29) is 22.5 Å². The summed E-state index contributed by atoms with van der Waals surface area (Å²) in [4.78, 5) is 46.2. The maximum absolute atomic E-state index is 13.8. The Balaban J connectivity index is 1.50. The maximum atomic E-state index is 13.8. The Kier molecular flexibility index (Phi) is 5.88. The second kappa shape index (κ2) is 9.39. The number of aromatic nitrogens is 1. The van der Waals surface area contributed by atoms with Gasteiger partial charge in [-0.2, -0.15) is 0 Å². The molecule has 1 aliphatic rings. The molecule has 1 amide bonds. The summed E-state index contributed by atoms with van der Waals surface area (Å²) in [6.07, 6.45) is 0. The largest absolute Gasteiger partial charge is 0.489 e. The van der Waals surface area contributed by atoms with Crippen LogP contribution >= 0.6 is 11.3 Å². The molecule has 1 atom stereocenters. The number of Topliss-reactive ketones (excluding diaryl/α,β-unsaturated/α-hetero) is 1. The number of hydrogen-bond acceptors (Lipinski definition) is 7. The van der Waals surface area contributed by atoms with Crippen LogP contribution in [0.25, 0.3) is 11.0 Å². The van der Waals surface area contributed by atoms with Gasteiger partial charge in [0.15, 0.2) is 16.3 Å². The van der Waals surface area contributed by atoms with Crippen molar-refractivity contribution in [2.75, 3.05) is 4.90 Å². The van der Waals surface area contributed by atoms with Gasteiger partial charge in [0.25, 0.3) is 5.91 Å². The number of nitrogens with zero attached hydrogens (tertiary/aromatic N) is 2. The summed E-state index contributed by atoms with van der Waals surface area (Å²) < 4.78 is 12.0. The maximum Gasteiger partial charge on any atom is 0.297 e. The zero-order chi connectivity index (χ0) is 26.4. The summed E-state index contributed by atoms with van der Waals surface area (Å²) in [5, 5.41) is 0.718. The third-order valence-electron chi connectivity index (χ3n) is 6.51. The lowest BCUT2D eigenvalue weighted by molar-refractivity contribution is 0.0969. The molecule has 1 aliphatic heterocycles. The van der Waals surface area contributed by atoms with E-state index in [9.17, 15) is 14.4 Å². The molecule has 0 saturated heterocycles. The number of para-hydroxylation sites is 1. The Labute approximate surface area is 221 Å². The quantitative estimate of drug-likeness (QED) is 0.251. The number of benzene rings is 3. The highest BCUT2D eigenvalue weighted by molar-refractivity contribution is 7.17. The molecule has 0 spiro atoms. The average molecular weight is 523 g/mol. The summed E-state index contributed by atoms with van der Waals surface area (Å²) in [5.41, 5.74) is 2.52. The fourth-order valence-electron chi connectivity index (χ4n) is 4.76. The number of ether oxygens (including phenoxy) is 1. The Morgan fingerprint density at radius 1 is 1.03 bits per heavy atom. The van der Waals surface area contributed by atoms with Crippen molar-refractivity contribution in [3.63, 3.8) is 0 Å². The smallest absolute Gasteiger partial charge is 0.297 e. The van der Waals surface area contributed by atoms with Gasteiger partial charge in [0.1, 0.15) is 17.9 Å². The standard InChI is InChI=1S/C30H22N2O5S/c1-17-28(18(2)33)38-30(31-17)32-25(20-11-8-12-21(15-20)36-16-19-9-4-3-5-10-19)24-26(34)22-13-6-7-14-23(22)37-27(24)29(32)35/h3-15,25H,16H2,1-2H3. The number of aryl methyl sites for hydroxylation is 1. The summed E-state index contributed by atoms with van der Waals surface area (Å²) >= 11 is 1.13. The second-order valence-electron chi connectivity index (χ2n) is 9.06. The summed E-state index contributed by atoms with van der Waals surface area (Å²) in [5.74, 6) is -0.0424. The molecule has 6 rings (SSSR count). The third-order valence-corrected chi connectivity index (χ3v) is 7.77. The molecule has 5 aromatic rings. The van der Waals surface area contributed by atoms with Crippen LogP contribution in [0.1, 0.15) is 55.6 Å². The van der Waals surface area contributed by atoms with Crippen molar-refractivity contribution in [1.29, 1.82) is 0 Å². The number of rotatable bonds is 6. The van der Waals surface area contributed by atoms with Crippen LogP contribution < -0.4 is 15.1 Å². The molecule has 0 bridgehead atoms. The first kappa shape index (κ1) is 23.8. The van der Waals surface area contributed by atoms with Gasteiger partial charge in [-0.05, 0) is 42.3 Å². The van der Waals surface area contributed by atoms with E-state index < -0.39 is 11.9 Å². The van der Waals surface area contributed by atoms with Crippen molar-refractivity contribution >= 4 is 39.1 Å². The normalized spacial score (nSPS) is 14.6. The topological polar surface area (TPSA) is 89.7 Å². The highest BCUT2D eigenvalue weighted by atomic mass is 32.1. The molecule has 0 fully saturated rings. The fraction of sp³-hybridized carbons (Fsp3) is 0.133. The van der Waals surface area contributed by atoms with Gasteiger partial charge in [0.05, 0.1) is 27.6 Å². The summed E-state index contributed by atoms with van der Waals surface area (Å²) in [7, 11) is 0. The first-order chi connectivity index (χ1) is 18.4. The van der Waals surface area contributed by atoms with E-state index in [1.54, 1.807) is 31.2 Å². The Bertz CT molecular complexity index is 1770. The van der Waals surface area contributed by atoms with E-state index in [0.29, 0.717) is 44.6 Å². The van der Waals surface area contributed by atoms with Crippen molar-refractivity contribution in [3.8, 4) is 5.75 Å². The average Bonchev–Trinajstić information content (AvgIpc) is 3.46. The van der Waals surface area contributed by atoms with Crippen LogP contribution in [0, 0.1) is 6.92 Å². The van der Waals surface area contributed by atoms with Gasteiger partial charge < -0.3 is 9.15 Å². The number of anilines is 1. The number of carbonyl (C=O) groups is 2. The van der Waals surface area contributed by atoms with Crippen LogP contribution in [-0.2, 0) is 6.61 Å². The summed E-state index contributed by atoms with van der Waals surface area (Å²) in [6, 6.07) is 23.2. The minimum atomic E-state index is -0.802. The van der Waals surface area contributed by atoms with Crippen LogP contribution in [0.5, 0.6) is 5.75 Å². The Morgan fingerprint density at radius 2 is 1.79 bits per heavy atom. The van der Waals surface area contributed by atoms with Gasteiger partial charge in [-0.15, -0.1) is 0 Å². The number of ketones is 1. The SMILES string of the molecule is CC(=O)c1sc(N2C(=O)c3oc4ccccc4c(=O)c3C2c2cccc(OCc3ccccc3)c2)nc1C. The predicted molar refractivity (Wildman–Crippen MR) is 145 cm³/mol. The lowest BCUT2D eigenvalue weighted by Crippen LogP contribution is -2.29. The number of thiazole rings is 1. The molecular weight excluding hydrogens is 500 g/mol. The molecule has 0 radical (unpaired) electrons. The molecule has 0 aliphatic carbocycles. The van der Waals surface area contributed by atoms with Crippen molar-refractivity contribution in [3.05, 3.63) is 122 Å². The molecule has 8 heteroatoms. The first-order valence-corrected chi connectivity index (χ1v) is 12.9. The minimum Gasteiger partial charge on any atom is -0.489 e. The highest BCUT2D eigenvalue weighted by Crippen LogP contribution is 2.43. The molecule has 38 heavy (non-hydrogen) atoms. The Hall–Kier alpha value is -4.56. The number of amides is 1. The number of hydrogen-bond donors (Lipinski definition) is 0. The third kappa shape index (κ3) is 3.99. The van der Waals surface area contributed by atoms with Gasteiger partial charge in [-0.3, -0.25) is 19.3 Å². The van der Waals surface area contributed by atoms with E-state index in [0.717, 1.165) is 16.9 Å². The van der Waals surface area contributed by atoms with Crippen LogP contribution in [-0.4, -0.2) is 16.7 Å². The molecule has 0 saturated carbocycles. The molecular formula is C30H22N2O5S. The van der Waals surface area contributed by atoms with Crippen molar-refractivity contribution < 1.29 is 18.7 Å². The van der Waals surface area contributed by atoms with Gasteiger partial charge in [-0.1, -0.05) is 65.9 Å². The molecule has 188 valence electrons. The Morgan fingerprint density at radius 3 is 2.55 bits per heavy atom. The fourth-order valence-corrected chi connectivity index (χ4v) is 5.75. The van der Waals surface area contributed by atoms with Crippen molar-refractivity contribution in [1.82, 2.24) is 4.98 Å². The predicted octanol–water partition coefficient (Wildman–Crippen LogP) is 6.09. The molecule has 3 aromatic carbocycles. The zero-order valence-electron chi connectivity index (χ0n) is 20.6. The van der Waals surface area contributed by atoms with Gasteiger partial charge in [0, 0.05) is 6.92 Å². The minimum absolute atomic E-state index is 0.0217. The van der Waals surface area contributed by atoms with Crippen LogP contribution in [0.15, 0.2) is 88.1 Å². The van der Waals surface area contributed by atoms with Crippen LogP contribution in [0.3, 0.4) is 0 Å². The van der Waals surface area contributed by atoms with Gasteiger partial charge >= 0.3 is 0 Å². The van der Waals surface area contributed by atoms with E-state index in [1.165, 1.54) is 11.8 Å². The lowest BCUT2D eigenvalue weighted by Gasteiger charge is -2.23. The highest BCUT2D eigenvalue weighted by Gasteiger charge is 2.45. The molecule has 1 unspecified atom stereocenters. The van der Waals surface area contributed by atoms with E-state index >= 15 is 0 Å². The van der Waals surface area contributed by atoms with Crippen LogP contribution in [0.4, 0.5) is 5.13 Å². The first-order valence-electron chi connectivity index (χ1n) is 12.1. The number of carbonyl (C=O) groups excluding carboxylic acids is 2. The van der Waals surface area contributed by atoms with E-state index in [4.69, 9.17) is 9.15 Å². The molecule has 7 nitrogen and oxygen atoms in total. The van der Waals surface area contributed by atoms with Crippen molar-refractivity contribution in [2.45, 2.75) is 26.5 Å². The van der Waals surface area contributed by atoms with E-state index in [1.807, 2.05) is 54.6 Å². The van der Waals surface area contributed by atoms with Crippen LogP contribution in [0.2, 0.25) is 0 Å². The monoisotopic (exact) mass is 522 g/mol. The zero-order valence-corrected chi connectivity index (χ0v) is 21.5. The number of fused-ring (bicyclic) bond motifs is 2. The van der Waals surface area contributed by atoms with Gasteiger partial charge in [-0.25, -0.2) is 4.98 Å². The van der Waals surface area contributed by atoms with Crippen molar-refractivity contribution in [2.24, 2.45) is 0 Å². The second-order valence-corrected chi connectivity index (χ2v) is 10.0. The molecule has 2 aromatic heterocycles.